The lowest BCUT2D eigenvalue weighted by molar-refractivity contribution is 0.253. The Bertz CT molecular complexity index is 327. The van der Waals surface area contributed by atoms with Crippen LogP contribution in [0.25, 0.3) is 0 Å². The summed E-state index contributed by atoms with van der Waals surface area (Å²) in [5, 5.41) is 0. The summed E-state index contributed by atoms with van der Waals surface area (Å²) in [6.45, 7) is 2.36. The SMILES string of the molecule is CN1CCC(N(C)c2ccc(N)nc2)CC1. The van der Waals surface area contributed by atoms with E-state index in [0.29, 0.717) is 11.9 Å². The number of pyridine rings is 1. The number of piperidine rings is 1. The van der Waals surface area contributed by atoms with Crippen LogP contribution < -0.4 is 10.6 Å². The van der Waals surface area contributed by atoms with E-state index in [0.717, 1.165) is 5.69 Å². The van der Waals surface area contributed by atoms with Gasteiger partial charge in [0.05, 0.1) is 11.9 Å². The summed E-state index contributed by atoms with van der Waals surface area (Å²) < 4.78 is 0. The quantitative estimate of drug-likeness (QED) is 0.813. The summed E-state index contributed by atoms with van der Waals surface area (Å²) in [4.78, 5) is 8.84. The van der Waals surface area contributed by atoms with Gasteiger partial charge in [0.15, 0.2) is 0 Å². The van der Waals surface area contributed by atoms with Gasteiger partial charge in [0.1, 0.15) is 5.82 Å². The zero-order chi connectivity index (χ0) is 11.5. The molecule has 0 aromatic carbocycles. The normalized spacial score (nSPS) is 18.6. The number of aromatic nitrogens is 1. The third-order valence-corrected chi connectivity index (χ3v) is 3.41. The minimum atomic E-state index is 0.584. The molecule has 1 aromatic rings. The van der Waals surface area contributed by atoms with Crippen molar-refractivity contribution in [2.75, 3.05) is 37.8 Å². The Morgan fingerprint density at radius 2 is 2.06 bits per heavy atom. The molecular weight excluding hydrogens is 200 g/mol. The van der Waals surface area contributed by atoms with Crippen LogP contribution in [0.4, 0.5) is 11.5 Å². The minimum Gasteiger partial charge on any atom is -0.384 e. The third kappa shape index (κ3) is 2.44. The van der Waals surface area contributed by atoms with Gasteiger partial charge < -0.3 is 15.5 Å². The number of nitrogens with two attached hydrogens (primary N) is 1. The molecule has 2 rings (SSSR count). The molecule has 4 heteroatoms. The van der Waals surface area contributed by atoms with Crippen LogP contribution in [0, 0.1) is 0 Å². The van der Waals surface area contributed by atoms with E-state index in [2.05, 4.69) is 28.9 Å². The molecule has 1 aliphatic heterocycles. The van der Waals surface area contributed by atoms with Crippen molar-refractivity contribution in [1.82, 2.24) is 9.88 Å². The molecule has 1 saturated heterocycles. The van der Waals surface area contributed by atoms with Crippen molar-refractivity contribution in [2.24, 2.45) is 0 Å². The average molecular weight is 220 g/mol. The van der Waals surface area contributed by atoms with Crippen LogP contribution >= 0.6 is 0 Å². The molecule has 0 spiro atoms. The molecule has 0 saturated carbocycles. The maximum atomic E-state index is 5.59. The van der Waals surface area contributed by atoms with Crippen molar-refractivity contribution in [3.05, 3.63) is 18.3 Å². The number of hydrogen-bond donors (Lipinski definition) is 1. The number of nitrogens with zero attached hydrogens (tertiary/aromatic N) is 3. The zero-order valence-electron chi connectivity index (χ0n) is 10.1. The van der Waals surface area contributed by atoms with Crippen molar-refractivity contribution >= 4 is 11.5 Å². The van der Waals surface area contributed by atoms with Crippen LogP contribution in [0.1, 0.15) is 12.8 Å². The molecule has 2 N–H and O–H groups in total. The molecule has 16 heavy (non-hydrogen) atoms. The highest BCUT2D eigenvalue weighted by Gasteiger charge is 2.20. The first kappa shape index (κ1) is 11.2. The highest BCUT2D eigenvalue weighted by molar-refractivity contribution is 5.48. The maximum Gasteiger partial charge on any atom is 0.123 e. The predicted molar refractivity (Wildman–Crippen MR) is 67.6 cm³/mol. The molecule has 0 aliphatic carbocycles. The van der Waals surface area contributed by atoms with E-state index >= 15 is 0 Å². The van der Waals surface area contributed by atoms with Crippen LogP contribution in [0.2, 0.25) is 0 Å². The highest BCUT2D eigenvalue weighted by atomic mass is 15.2. The van der Waals surface area contributed by atoms with Gasteiger partial charge in [-0.25, -0.2) is 4.98 Å². The fraction of sp³-hybridized carbons (Fsp3) is 0.583. The lowest BCUT2D eigenvalue weighted by Crippen LogP contribution is -2.42. The van der Waals surface area contributed by atoms with E-state index in [1.165, 1.54) is 25.9 Å². The summed E-state index contributed by atoms with van der Waals surface area (Å²) in [5.74, 6) is 0.584. The van der Waals surface area contributed by atoms with Crippen molar-refractivity contribution in [2.45, 2.75) is 18.9 Å². The number of rotatable bonds is 2. The summed E-state index contributed by atoms with van der Waals surface area (Å²) >= 11 is 0. The molecule has 0 radical (unpaired) electrons. The first-order chi connectivity index (χ1) is 7.66. The van der Waals surface area contributed by atoms with Crippen molar-refractivity contribution in [3.63, 3.8) is 0 Å². The minimum absolute atomic E-state index is 0.584. The number of likely N-dealkylation sites (tertiary alicyclic amines) is 1. The van der Waals surface area contributed by atoms with Crippen molar-refractivity contribution < 1.29 is 0 Å². The Balaban J connectivity index is 2.01. The van der Waals surface area contributed by atoms with E-state index in [9.17, 15) is 0 Å². The molecule has 88 valence electrons. The highest BCUT2D eigenvalue weighted by Crippen LogP contribution is 2.21. The van der Waals surface area contributed by atoms with Crippen LogP contribution in [0.3, 0.4) is 0 Å². The van der Waals surface area contributed by atoms with Gasteiger partial charge in [-0.1, -0.05) is 0 Å². The van der Waals surface area contributed by atoms with Crippen LogP contribution in [0.5, 0.6) is 0 Å². The number of hydrogen-bond acceptors (Lipinski definition) is 4. The molecule has 0 bridgehead atoms. The fourth-order valence-electron chi connectivity index (χ4n) is 2.20. The smallest absolute Gasteiger partial charge is 0.123 e. The van der Waals surface area contributed by atoms with Crippen LogP contribution in [0.15, 0.2) is 18.3 Å². The molecule has 0 atom stereocenters. The Morgan fingerprint density at radius 3 is 2.62 bits per heavy atom. The second kappa shape index (κ2) is 4.70. The second-order valence-corrected chi connectivity index (χ2v) is 4.59. The maximum absolute atomic E-state index is 5.59. The van der Waals surface area contributed by atoms with Gasteiger partial charge >= 0.3 is 0 Å². The van der Waals surface area contributed by atoms with Gasteiger partial charge in [0.25, 0.3) is 0 Å². The van der Waals surface area contributed by atoms with E-state index in [4.69, 9.17) is 5.73 Å². The largest absolute Gasteiger partial charge is 0.384 e. The number of nitrogen functional groups attached to an aromatic ring is 1. The fourth-order valence-corrected chi connectivity index (χ4v) is 2.20. The van der Waals surface area contributed by atoms with Gasteiger partial charge in [-0.3, -0.25) is 0 Å². The summed E-state index contributed by atoms with van der Waals surface area (Å²) in [6, 6.07) is 4.53. The Morgan fingerprint density at radius 1 is 1.38 bits per heavy atom. The van der Waals surface area contributed by atoms with Crippen LogP contribution in [-0.2, 0) is 0 Å². The molecule has 2 heterocycles. The van der Waals surface area contributed by atoms with Gasteiger partial charge in [0.2, 0.25) is 0 Å². The van der Waals surface area contributed by atoms with Gasteiger partial charge in [-0.05, 0) is 45.1 Å². The second-order valence-electron chi connectivity index (χ2n) is 4.59. The lowest BCUT2D eigenvalue weighted by Gasteiger charge is -2.36. The molecule has 1 aromatic heterocycles. The molecule has 0 amide bonds. The average Bonchev–Trinajstić information content (AvgIpc) is 2.30. The summed E-state index contributed by atoms with van der Waals surface area (Å²) in [6.07, 6.45) is 4.29. The Kier molecular flexibility index (Phi) is 3.29. The summed E-state index contributed by atoms with van der Waals surface area (Å²) in [5.41, 5.74) is 6.74. The third-order valence-electron chi connectivity index (χ3n) is 3.41. The van der Waals surface area contributed by atoms with E-state index in [1.54, 1.807) is 0 Å². The lowest BCUT2D eigenvalue weighted by atomic mass is 10.0. The molecule has 0 unspecified atom stereocenters. The van der Waals surface area contributed by atoms with Crippen LogP contribution in [-0.4, -0.2) is 43.1 Å². The van der Waals surface area contributed by atoms with E-state index in [1.807, 2.05) is 18.3 Å². The standard InChI is InChI=1S/C12H20N4/c1-15-7-5-10(6-8-15)16(2)11-3-4-12(13)14-9-11/h3-4,9-10H,5-8H2,1-2H3,(H2,13,14). The summed E-state index contributed by atoms with van der Waals surface area (Å²) in [7, 11) is 4.32. The Hall–Kier alpha value is -1.29. The van der Waals surface area contributed by atoms with Gasteiger partial charge in [-0.15, -0.1) is 0 Å². The monoisotopic (exact) mass is 220 g/mol. The van der Waals surface area contributed by atoms with E-state index < -0.39 is 0 Å². The van der Waals surface area contributed by atoms with E-state index in [-0.39, 0.29) is 0 Å². The van der Waals surface area contributed by atoms with Gasteiger partial charge in [0, 0.05) is 13.1 Å². The van der Waals surface area contributed by atoms with Crippen molar-refractivity contribution in [1.29, 1.82) is 0 Å². The molecule has 1 aliphatic rings. The Labute approximate surface area is 97.1 Å². The van der Waals surface area contributed by atoms with Gasteiger partial charge in [-0.2, -0.15) is 0 Å². The predicted octanol–water partition coefficient (Wildman–Crippen LogP) is 1.19. The molecular formula is C12H20N4. The first-order valence-electron chi connectivity index (χ1n) is 5.80. The molecule has 1 fully saturated rings. The molecule has 4 nitrogen and oxygen atoms in total. The topological polar surface area (TPSA) is 45.4 Å². The van der Waals surface area contributed by atoms with Crippen molar-refractivity contribution in [3.8, 4) is 0 Å². The first-order valence-corrected chi connectivity index (χ1v) is 5.80. The zero-order valence-corrected chi connectivity index (χ0v) is 10.1. The number of anilines is 2.